The van der Waals surface area contributed by atoms with Gasteiger partial charge in [-0.2, -0.15) is 0 Å². The van der Waals surface area contributed by atoms with Crippen molar-refractivity contribution in [3.05, 3.63) is 57.6 Å². The highest BCUT2D eigenvalue weighted by atomic mass is 79.9. The first-order valence-corrected chi connectivity index (χ1v) is 8.36. The molecule has 0 heterocycles. The minimum atomic E-state index is -0.413. The van der Waals surface area contributed by atoms with Gasteiger partial charge in [0.1, 0.15) is 11.5 Å². The van der Waals surface area contributed by atoms with Crippen LogP contribution in [0.2, 0.25) is 0 Å². The average molecular weight is 377 g/mol. The van der Waals surface area contributed by atoms with E-state index in [1.165, 1.54) is 0 Å². The van der Waals surface area contributed by atoms with E-state index in [0.29, 0.717) is 11.7 Å². The predicted molar refractivity (Wildman–Crippen MR) is 95.3 cm³/mol. The van der Waals surface area contributed by atoms with Gasteiger partial charge in [-0.3, -0.25) is 0 Å². The molecule has 122 valence electrons. The molecule has 23 heavy (non-hydrogen) atoms. The molecule has 0 N–H and O–H groups in total. The van der Waals surface area contributed by atoms with Crippen LogP contribution in [0.1, 0.15) is 36.5 Å². The van der Waals surface area contributed by atoms with Gasteiger partial charge < -0.3 is 9.47 Å². The molecular formula is C19H21BrO3. The van der Waals surface area contributed by atoms with Crippen molar-refractivity contribution in [1.29, 1.82) is 0 Å². The zero-order valence-electron chi connectivity index (χ0n) is 13.9. The summed E-state index contributed by atoms with van der Waals surface area (Å²) < 4.78 is 12.0. The predicted octanol–water partition coefficient (Wildman–Crippen LogP) is 5.17. The number of ether oxygens (including phenoxy) is 2. The largest absolute Gasteiger partial charge is 0.482 e. The lowest BCUT2D eigenvalue weighted by Gasteiger charge is -2.15. The van der Waals surface area contributed by atoms with E-state index in [4.69, 9.17) is 9.47 Å². The van der Waals surface area contributed by atoms with Crippen LogP contribution in [0.25, 0.3) is 0 Å². The Labute approximate surface area is 145 Å². The van der Waals surface area contributed by atoms with Crippen LogP contribution in [0, 0.1) is 13.8 Å². The monoisotopic (exact) mass is 376 g/mol. The minimum absolute atomic E-state index is 0.116. The molecule has 3 nitrogen and oxygen atoms in total. The molecule has 0 bridgehead atoms. The molecule has 0 unspecified atom stereocenters. The Morgan fingerprint density at radius 2 is 1.78 bits per heavy atom. The molecule has 0 fully saturated rings. The molecule has 0 aromatic heterocycles. The standard InChI is InChI=1S/C19H21BrO3/c1-12(2)16-10-17(20)14(4)9-18(16)22-11-19(21)23-15-7-5-13(3)6-8-15/h5-10,12H,11H2,1-4H3. The summed E-state index contributed by atoms with van der Waals surface area (Å²) in [4.78, 5) is 11.9. The average Bonchev–Trinajstić information content (AvgIpc) is 2.50. The first-order valence-electron chi connectivity index (χ1n) is 7.57. The van der Waals surface area contributed by atoms with Crippen LogP contribution in [0.3, 0.4) is 0 Å². The van der Waals surface area contributed by atoms with E-state index in [1.54, 1.807) is 12.1 Å². The first kappa shape index (κ1) is 17.5. The number of aryl methyl sites for hydroxylation is 2. The Kier molecular flexibility index (Phi) is 5.83. The summed E-state index contributed by atoms with van der Waals surface area (Å²) in [7, 11) is 0. The van der Waals surface area contributed by atoms with Gasteiger partial charge in [0.25, 0.3) is 0 Å². The molecule has 2 aromatic carbocycles. The summed E-state index contributed by atoms with van der Waals surface area (Å²) in [5.74, 6) is 1.14. The smallest absolute Gasteiger partial charge is 0.349 e. The molecule has 0 saturated carbocycles. The number of carbonyl (C=O) groups is 1. The molecule has 0 radical (unpaired) electrons. The van der Waals surface area contributed by atoms with Crippen molar-refractivity contribution in [3.8, 4) is 11.5 Å². The Morgan fingerprint density at radius 1 is 1.13 bits per heavy atom. The Bertz CT molecular complexity index is 691. The highest BCUT2D eigenvalue weighted by Crippen LogP contribution is 2.32. The maximum Gasteiger partial charge on any atom is 0.349 e. The molecule has 0 aliphatic rings. The molecular weight excluding hydrogens is 356 g/mol. The number of esters is 1. The number of benzene rings is 2. The second kappa shape index (κ2) is 7.64. The van der Waals surface area contributed by atoms with Crippen molar-refractivity contribution < 1.29 is 14.3 Å². The topological polar surface area (TPSA) is 35.5 Å². The molecule has 0 aliphatic carbocycles. The summed E-state index contributed by atoms with van der Waals surface area (Å²) in [6, 6.07) is 11.3. The third-order valence-electron chi connectivity index (χ3n) is 3.51. The number of hydrogen-bond donors (Lipinski definition) is 0. The van der Waals surface area contributed by atoms with Gasteiger partial charge in [-0.1, -0.05) is 47.5 Å². The fourth-order valence-corrected chi connectivity index (χ4v) is 2.51. The Morgan fingerprint density at radius 3 is 2.39 bits per heavy atom. The van der Waals surface area contributed by atoms with Gasteiger partial charge >= 0.3 is 5.97 Å². The van der Waals surface area contributed by atoms with E-state index >= 15 is 0 Å². The number of rotatable bonds is 5. The van der Waals surface area contributed by atoms with Gasteiger partial charge in [-0.25, -0.2) is 4.79 Å². The Hall–Kier alpha value is -1.81. The van der Waals surface area contributed by atoms with Gasteiger partial charge in [0.2, 0.25) is 0 Å². The van der Waals surface area contributed by atoms with E-state index in [2.05, 4.69) is 29.8 Å². The fraction of sp³-hybridized carbons (Fsp3) is 0.316. The van der Waals surface area contributed by atoms with Crippen LogP contribution in [0.4, 0.5) is 0 Å². The van der Waals surface area contributed by atoms with Crippen LogP contribution in [-0.4, -0.2) is 12.6 Å². The van der Waals surface area contributed by atoms with Crippen LogP contribution in [0.15, 0.2) is 40.9 Å². The number of hydrogen-bond acceptors (Lipinski definition) is 3. The molecule has 4 heteroatoms. The zero-order valence-corrected chi connectivity index (χ0v) is 15.4. The van der Waals surface area contributed by atoms with Crippen molar-refractivity contribution in [3.63, 3.8) is 0 Å². The molecule has 2 rings (SSSR count). The highest BCUT2D eigenvalue weighted by Gasteiger charge is 2.13. The maximum atomic E-state index is 11.9. The van der Waals surface area contributed by atoms with Gasteiger partial charge in [0, 0.05) is 4.47 Å². The van der Waals surface area contributed by atoms with Gasteiger partial charge in [0.15, 0.2) is 6.61 Å². The first-order chi connectivity index (χ1) is 10.9. The van der Waals surface area contributed by atoms with Crippen molar-refractivity contribution in [2.75, 3.05) is 6.61 Å². The maximum absolute atomic E-state index is 11.9. The van der Waals surface area contributed by atoms with Crippen LogP contribution in [0.5, 0.6) is 11.5 Å². The summed E-state index contributed by atoms with van der Waals surface area (Å²) in [6.07, 6.45) is 0. The molecule has 0 spiro atoms. The van der Waals surface area contributed by atoms with E-state index < -0.39 is 5.97 Å². The highest BCUT2D eigenvalue weighted by molar-refractivity contribution is 9.10. The fourth-order valence-electron chi connectivity index (χ4n) is 2.15. The second-order valence-corrected chi connectivity index (χ2v) is 6.72. The van der Waals surface area contributed by atoms with Crippen LogP contribution >= 0.6 is 15.9 Å². The summed E-state index contributed by atoms with van der Waals surface area (Å²) in [5, 5.41) is 0. The summed E-state index contributed by atoms with van der Waals surface area (Å²) >= 11 is 3.53. The lowest BCUT2D eigenvalue weighted by atomic mass is 10.0. The van der Waals surface area contributed by atoms with Crippen LogP contribution < -0.4 is 9.47 Å². The molecule has 0 atom stereocenters. The quantitative estimate of drug-likeness (QED) is 0.533. The lowest BCUT2D eigenvalue weighted by Crippen LogP contribution is -2.18. The zero-order chi connectivity index (χ0) is 17.0. The second-order valence-electron chi connectivity index (χ2n) is 5.87. The van der Waals surface area contributed by atoms with Gasteiger partial charge in [-0.15, -0.1) is 0 Å². The van der Waals surface area contributed by atoms with Gasteiger partial charge in [0.05, 0.1) is 0 Å². The molecule has 0 saturated heterocycles. The summed E-state index contributed by atoms with van der Waals surface area (Å²) in [5.41, 5.74) is 3.25. The summed E-state index contributed by atoms with van der Waals surface area (Å²) in [6.45, 7) is 8.04. The third kappa shape index (κ3) is 4.83. The van der Waals surface area contributed by atoms with Crippen molar-refractivity contribution >= 4 is 21.9 Å². The van der Waals surface area contributed by atoms with E-state index in [1.807, 2.05) is 38.1 Å². The SMILES string of the molecule is Cc1ccc(OC(=O)COc2cc(C)c(Br)cc2C(C)C)cc1. The molecule has 2 aromatic rings. The van der Waals surface area contributed by atoms with E-state index in [-0.39, 0.29) is 6.61 Å². The number of carbonyl (C=O) groups excluding carboxylic acids is 1. The third-order valence-corrected chi connectivity index (χ3v) is 4.37. The minimum Gasteiger partial charge on any atom is -0.482 e. The molecule has 0 aliphatic heterocycles. The van der Waals surface area contributed by atoms with E-state index in [0.717, 1.165) is 26.9 Å². The van der Waals surface area contributed by atoms with Crippen molar-refractivity contribution in [2.45, 2.75) is 33.6 Å². The van der Waals surface area contributed by atoms with Gasteiger partial charge in [-0.05, 0) is 55.2 Å². The normalized spacial score (nSPS) is 10.7. The number of halogens is 1. The lowest BCUT2D eigenvalue weighted by molar-refractivity contribution is -0.136. The Balaban J connectivity index is 2.04. The van der Waals surface area contributed by atoms with Crippen LogP contribution in [-0.2, 0) is 4.79 Å². The molecule has 0 amide bonds. The van der Waals surface area contributed by atoms with Crippen molar-refractivity contribution in [1.82, 2.24) is 0 Å². The van der Waals surface area contributed by atoms with Crippen molar-refractivity contribution in [2.24, 2.45) is 0 Å². The van der Waals surface area contributed by atoms with E-state index in [9.17, 15) is 4.79 Å².